The summed E-state index contributed by atoms with van der Waals surface area (Å²) in [6.07, 6.45) is 0. The van der Waals surface area contributed by atoms with Crippen LogP contribution in [-0.4, -0.2) is 32.7 Å². The van der Waals surface area contributed by atoms with E-state index in [-0.39, 0.29) is 18.5 Å². The fourth-order valence-electron chi connectivity index (χ4n) is 2.01. The predicted molar refractivity (Wildman–Crippen MR) is 85.5 cm³/mol. The van der Waals surface area contributed by atoms with Crippen molar-refractivity contribution in [1.29, 1.82) is 0 Å². The maximum atomic E-state index is 12.1. The van der Waals surface area contributed by atoms with Crippen molar-refractivity contribution < 1.29 is 9.53 Å². The summed E-state index contributed by atoms with van der Waals surface area (Å²) in [7, 11) is 1.64. The molecule has 112 valence electrons. The van der Waals surface area contributed by atoms with Gasteiger partial charge < -0.3 is 15.4 Å². The first-order valence-corrected chi connectivity index (χ1v) is 7.76. The van der Waals surface area contributed by atoms with Gasteiger partial charge in [0.15, 0.2) is 0 Å². The average Bonchev–Trinajstić information content (AvgIpc) is 3.04. The number of benzene rings is 1. The van der Waals surface area contributed by atoms with Crippen molar-refractivity contribution in [3.8, 4) is 0 Å². The molecular formula is C16H20N2O2S. The lowest BCUT2D eigenvalue weighted by Crippen LogP contribution is -2.37. The van der Waals surface area contributed by atoms with Crippen LogP contribution in [0.3, 0.4) is 0 Å². The van der Waals surface area contributed by atoms with Gasteiger partial charge in [0.05, 0.1) is 19.2 Å². The highest BCUT2D eigenvalue weighted by Gasteiger charge is 2.17. The summed E-state index contributed by atoms with van der Waals surface area (Å²) in [4.78, 5) is 13.2. The SMILES string of the molecule is COCCNCC(=O)NC(c1ccccc1)c1cccs1. The molecule has 0 spiro atoms. The summed E-state index contributed by atoms with van der Waals surface area (Å²) < 4.78 is 4.94. The number of rotatable bonds is 8. The Balaban J connectivity index is 1.99. The van der Waals surface area contributed by atoms with Crippen molar-refractivity contribution in [2.24, 2.45) is 0 Å². The van der Waals surface area contributed by atoms with E-state index in [1.54, 1.807) is 18.4 Å². The van der Waals surface area contributed by atoms with E-state index in [2.05, 4.69) is 10.6 Å². The van der Waals surface area contributed by atoms with Crippen molar-refractivity contribution in [2.75, 3.05) is 26.8 Å². The third-order valence-corrected chi connectivity index (χ3v) is 3.97. The van der Waals surface area contributed by atoms with Gasteiger partial charge in [0.25, 0.3) is 0 Å². The average molecular weight is 304 g/mol. The van der Waals surface area contributed by atoms with Crippen LogP contribution in [0.2, 0.25) is 0 Å². The summed E-state index contributed by atoms with van der Waals surface area (Å²) in [6.45, 7) is 1.55. The van der Waals surface area contributed by atoms with E-state index >= 15 is 0 Å². The number of carbonyl (C=O) groups excluding carboxylic acids is 1. The monoisotopic (exact) mass is 304 g/mol. The molecule has 0 saturated heterocycles. The Hall–Kier alpha value is -1.69. The Morgan fingerprint density at radius 1 is 1.24 bits per heavy atom. The smallest absolute Gasteiger partial charge is 0.234 e. The van der Waals surface area contributed by atoms with Crippen LogP contribution >= 0.6 is 11.3 Å². The number of ether oxygens (including phenoxy) is 1. The van der Waals surface area contributed by atoms with Crippen molar-refractivity contribution >= 4 is 17.2 Å². The lowest BCUT2D eigenvalue weighted by molar-refractivity contribution is -0.120. The number of methoxy groups -OCH3 is 1. The van der Waals surface area contributed by atoms with Crippen LogP contribution < -0.4 is 10.6 Å². The second-order valence-corrected chi connectivity index (χ2v) is 5.58. The molecule has 1 heterocycles. The molecule has 0 bridgehead atoms. The summed E-state index contributed by atoms with van der Waals surface area (Å²) in [5.74, 6) is -0.0200. The minimum atomic E-state index is -0.0945. The van der Waals surface area contributed by atoms with Gasteiger partial charge in [-0.2, -0.15) is 0 Å². The molecule has 5 heteroatoms. The standard InChI is InChI=1S/C16H20N2O2S/c1-20-10-9-17-12-15(19)18-16(14-8-5-11-21-14)13-6-3-2-4-7-13/h2-8,11,16-17H,9-10,12H2,1H3,(H,18,19). The molecule has 0 fully saturated rings. The largest absolute Gasteiger partial charge is 0.383 e. The Morgan fingerprint density at radius 3 is 2.71 bits per heavy atom. The van der Waals surface area contributed by atoms with Crippen LogP contribution in [0.5, 0.6) is 0 Å². The molecule has 21 heavy (non-hydrogen) atoms. The molecule has 1 amide bonds. The molecule has 0 saturated carbocycles. The number of carbonyl (C=O) groups is 1. The highest BCUT2D eigenvalue weighted by atomic mass is 32.1. The summed E-state index contributed by atoms with van der Waals surface area (Å²) in [6, 6.07) is 14.0. The van der Waals surface area contributed by atoms with Crippen LogP contribution in [-0.2, 0) is 9.53 Å². The van der Waals surface area contributed by atoms with Gasteiger partial charge in [-0.3, -0.25) is 4.79 Å². The fourth-order valence-corrected chi connectivity index (χ4v) is 2.81. The maximum absolute atomic E-state index is 12.1. The Bertz CT molecular complexity index is 528. The summed E-state index contributed by atoms with van der Waals surface area (Å²) in [5, 5.41) is 8.16. The Labute approximate surface area is 129 Å². The predicted octanol–water partition coefficient (Wildman–Crippen LogP) is 2.19. The first-order chi connectivity index (χ1) is 10.3. The number of hydrogen-bond acceptors (Lipinski definition) is 4. The highest BCUT2D eigenvalue weighted by molar-refractivity contribution is 7.10. The van der Waals surface area contributed by atoms with Gasteiger partial charge in [-0.1, -0.05) is 36.4 Å². The molecule has 2 aromatic rings. The van der Waals surface area contributed by atoms with Crippen LogP contribution in [0.1, 0.15) is 16.5 Å². The summed E-state index contributed by atoms with van der Waals surface area (Å²) in [5.41, 5.74) is 1.09. The minimum absolute atomic E-state index is 0.0200. The lowest BCUT2D eigenvalue weighted by Gasteiger charge is -2.18. The molecule has 2 N–H and O–H groups in total. The highest BCUT2D eigenvalue weighted by Crippen LogP contribution is 2.25. The number of thiophene rings is 1. The number of hydrogen-bond donors (Lipinski definition) is 2. The van der Waals surface area contributed by atoms with Gasteiger partial charge in [-0.15, -0.1) is 11.3 Å². The van der Waals surface area contributed by atoms with E-state index < -0.39 is 0 Å². The maximum Gasteiger partial charge on any atom is 0.234 e. The molecule has 2 rings (SSSR count). The molecular weight excluding hydrogens is 284 g/mol. The molecule has 1 aromatic carbocycles. The molecule has 1 atom stereocenters. The molecule has 0 radical (unpaired) electrons. The van der Waals surface area contributed by atoms with Crippen LogP contribution in [0.4, 0.5) is 0 Å². The van der Waals surface area contributed by atoms with Gasteiger partial charge in [-0.05, 0) is 17.0 Å². The van der Waals surface area contributed by atoms with Crippen LogP contribution in [0.15, 0.2) is 47.8 Å². The number of amides is 1. The summed E-state index contributed by atoms with van der Waals surface area (Å²) >= 11 is 1.64. The first kappa shape index (κ1) is 15.7. The first-order valence-electron chi connectivity index (χ1n) is 6.88. The Morgan fingerprint density at radius 2 is 2.05 bits per heavy atom. The van der Waals surface area contributed by atoms with Crippen LogP contribution in [0, 0.1) is 0 Å². The quantitative estimate of drug-likeness (QED) is 0.735. The van der Waals surface area contributed by atoms with Crippen molar-refractivity contribution in [3.05, 3.63) is 58.3 Å². The fraction of sp³-hybridized carbons (Fsp3) is 0.312. The van der Waals surface area contributed by atoms with E-state index in [1.807, 2.05) is 47.8 Å². The van der Waals surface area contributed by atoms with E-state index in [0.29, 0.717) is 13.2 Å². The van der Waals surface area contributed by atoms with E-state index in [0.717, 1.165) is 10.4 Å². The Kier molecular flexibility index (Phi) is 6.40. The zero-order valence-corrected chi connectivity index (χ0v) is 12.9. The zero-order chi connectivity index (χ0) is 14.9. The molecule has 0 aliphatic rings. The van der Waals surface area contributed by atoms with Gasteiger partial charge in [0, 0.05) is 18.5 Å². The van der Waals surface area contributed by atoms with E-state index in [9.17, 15) is 4.79 Å². The van der Waals surface area contributed by atoms with Gasteiger partial charge in [0.2, 0.25) is 5.91 Å². The van der Waals surface area contributed by atoms with Gasteiger partial charge in [-0.25, -0.2) is 0 Å². The van der Waals surface area contributed by atoms with Crippen molar-refractivity contribution in [3.63, 3.8) is 0 Å². The zero-order valence-electron chi connectivity index (χ0n) is 12.0. The van der Waals surface area contributed by atoms with Crippen molar-refractivity contribution in [2.45, 2.75) is 6.04 Å². The normalized spacial score (nSPS) is 12.0. The van der Waals surface area contributed by atoms with E-state index in [4.69, 9.17) is 4.74 Å². The number of nitrogens with one attached hydrogen (secondary N) is 2. The molecule has 1 unspecified atom stereocenters. The van der Waals surface area contributed by atoms with Crippen LogP contribution in [0.25, 0.3) is 0 Å². The third kappa shape index (κ3) is 4.97. The molecule has 0 aliphatic carbocycles. The molecule has 1 aromatic heterocycles. The molecule has 0 aliphatic heterocycles. The second-order valence-electron chi connectivity index (χ2n) is 4.60. The van der Waals surface area contributed by atoms with E-state index in [1.165, 1.54) is 0 Å². The van der Waals surface area contributed by atoms with Gasteiger partial charge >= 0.3 is 0 Å². The van der Waals surface area contributed by atoms with Crippen molar-refractivity contribution in [1.82, 2.24) is 10.6 Å². The molecule has 4 nitrogen and oxygen atoms in total. The lowest BCUT2D eigenvalue weighted by atomic mass is 10.1. The second kappa shape index (κ2) is 8.56. The minimum Gasteiger partial charge on any atom is -0.383 e. The van der Waals surface area contributed by atoms with Gasteiger partial charge in [0.1, 0.15) is 0 Å². The third-order valence-electron chi connectivity index (χ3n) is 3.03. The topological polar surface area (TPSA) is 50.4 Å².